The van der Waals surface area contributed by atoms with Crippen molar-refractivity contribution >= 4 is 35.1 Å². The van der Waals surface area contributed by atoms with Gasteiger partial charge in [-0.25, -0.2) is 9.97 Å². The van der Waals surface area contributed by atoms with Gasteiger partial charge in [0.05, 0.1) is 16.7 Å². The fraction of sp³-hybridized carbons (Fsp3) is 0.150. The van der Waals surface area contributed by atoms with E-state index in [-0.39, 0.29) is 11.9 Å². The molecular weight excluding hydrogens is 382 g/mol. The lowest BCUT2D eigenvalue weighted by Crippen LogP contribution is -2.07. The summed E-state index contributed by atoms with van der Waals surface area (Å²) in [5.41, 5.74) is 0.986. The molecule has 2 heterocycles. The smallest absolute Gasteiger partial charge is 0.213 e. The van der Waals surface area contributed by atoms with Crippen molar-refractivity contribution < 1.29 is 9.53 Å². The Labute approximate surface area is 167 Å². The van der Waals surface area contributed by atoms with E-state index >= 15 is 0 Å². The number of halogens is 1. The molecule has 0 atom stereocenters. The van der Waals surface area contributed by atoms with Crippen LogP contribution < -0.4 is 9.46 Å². The molecule has 0 saturated carbocycles. The van der Waals surface area contributed by atoms with Crippen LogP contribution in [0.5, 0.6) is 5.88 Å². The number of rotatable bonds is 7. The van der Waals surface area contributed by atoms with Gasteiger partial charge in [0.2, 0.25) is 5.88 Å². The second-order valence-corrected chi connectivity index (χ2v) is 7.26. The Morgan fingerprint density at radius 2 is 1.89 bits per heavy atom. The number of hydrogen-bond acceptors (Lipinski definition) is 6. The molecule has 7 heteroatoms. The van der Waals surface area contributed by atoms with Crippen LogP contribution in [0, 0.1) is 0 Å². The van der Waals surface area contributed by atoms with Gasteiger partial charge in [-0.3, -0.25) is 4.79 Å². The summed E-state index contributed by atoms with van der Waals surface area (Å²) in [6.07, 6.45) is 3.27. The third kappa shape index (κ3) is 5.21. The zero-order chi connectivity index (χ0) is 19.2. The van der Waals surface area contributed by atoms with Crippen molar-refractivity contribution in [1.82, 2.24) is 9.97 Å². The normalized spacial score (nSPS) is 10.7. The van der Waals surface area contributed by atoms with Gasteiger partial charge in [0.25, 0.3) is 0 Å². The highest BCUT2D eigenvalue weighted by molar-refractivity contribution is 8.00. The number of ether oxygens (including phenoxy) is 1. The molecule has 0 amide bonds. The predicted octanol–water partition coefficient (Wildman–Crippen LogP) is 5.27. The van der Waals surface area contributed by atoms with Gasteiger partial charge in [-0.15, -0.1) is 0 Å². The minimum absolute atomic E-state index is 0.0685. The summed E-state index contributed by atoms with van der Waals surface area (Å²) in [6, 6.07) is 14.3. The van der Waals surface area contributed by atoms with Crippen LogP contribution in [0.2, 0.25) is 5.02 Å². The van der Waals surface area contributed by atoms with E-state index in [2.05, 4.69) is 14.7 Å². The van der Waals surface area contributed by atoms with Gasteiger partial charge >= 0.3 is 0 Å². The number of carbonyl (C=O) groups excluding carboxylic acids is 1. The maximum atomic E-state index is 12.8. The minimum Gasteiger partial charge on any atom is -0.475 e. The van der Waals surface area contributed by atoms with Crippen LogP contribution >= 0.6 is 23.5 Å². The van der Waals surface area contributed by atoms with E-state index in [9.17, 15) is 4.79 Å². The number of carbonyl (C=O) groups is 1. The molecule has 0 bridgehead atoms. The van der Waals surface area contributed by atoms with E-state index in [1.54, 1.807) is 30.5 Å². The number of ketones is 1. The van der Waals surface area contributed by atoms with E-state index in [0.29, 0.717) is 27.8 Å². The van der Waals surface area contributed by atoms with Crippen LogP contribution in [0.4, 0.5) is 5.82 Å². The highest BCUT2D eigenvalue weighted by atomic mass is 35.5. The molecule has 0 radical (unpaired) electrons. The molecule has 1 aromatic carbocycles. The second-order valence-electron chi connectivity index (χ2n) is 5.95. The quantitative estimate of drug-likeness (QED) is 0.431. The van der Waals surface area contributed by atoms with Crippen molar-refractivity contribution in [3.8, 4) is 5.88 Å². The van der Waals surface area contributed by atoms with Gasteiger partial charge < -0.3 is 9.46 Å². The first-order valence-corrected chi connectivity index (χ1v) is 9.53. The average Bonchev–Trinajstić information content (AvgIpc) is 2.68. The molecular formula is C20H18ClN3O2S. The number of anilines is 1. The van der Waals surface area contributed by atoms with E-state index in [1.165, 1.54) is 18.1 Å². The molecule has 5 nitrogen and oxygen atoms in total. The molecule has 27 heavy (non-hydrogen) atoms. The summed E-state index contributed by atoms with van der Waals surface area (Å²) in [4.78, 5) is 22.2. The van der Waals surface area contributed by atoms with Crippen LogP contribution in [0.1, 0.15) is 29.8 Å². The number of benzene rings is 1. The molecule has 1 N–H and O–H groups in total. The van der Waals surface area contributed by atoms with Gasteiger partial charge in [-0.1, -0.05) is 41.9 Å². The van der Waals surface area contributed by atoms with Gasteiger partial charge in [-0.2, -0.15) is 0 Å². The fourth-order valence-electron chi connectivity index (χ4n) is 2.28. The molecule has 3 aromatic rings. The summed E-state index contributed by atoms with van der Waals surface area (Å²) < 4.78 is 8.65. The van der Waals surface area contributed by atoms with Gasteiger partial charge in [0.15, 0.2) is 5.78 Å². The fourth-order valence-corrected chi connectivity index (χ4v) is 3.06. The van der Waals surface area contributed by atoms with Crippen molar-refractivity contribution in [3.63, 3.8) is 0 Å². The van der Waals surface area contributed by atoms with Crippen molar-refractivity contribution in [2.75, 3.05) is 4.72 Å². The largest absolute Gasteiger partial charge is 0.475 e. The number of nitrogens with one attached hydrogen (secondary N) is 1. The van der Waals surface area contributed by atoms with Gasteiger partial charge in [0, 0.05) is 28.9 Å². The summed E-state index contributed by atoms with van der Waals surface area (Å²) in [7, 11) is 0. The number of hydrogen-bond donors (Lipinski definition) is 1. The van der Waals surface area contributed by atoms with E-state index in [1.807, 2.05) is 38.1 Å². The van der Waals surface area contributed by atoms with Crippen molar-refractivity contribution in [2.24, 2.45) is 0 Å². The lowest BCUT2D eigenvalue weighted by atomic mass is 10.0. The van der Waals surface area contributed by atoms with E-state index in [0.717, 1.165) is 4.90 Å². The number of nitrogens with zero attached hydrogens (tertiary/aromatic N) is 2. The second kappa shape index (κ2) is 8.88. The van der Waals surface area contributed by atoms with E-state index in [4.69, 9.17) is 16.3 Å². The molecule has 3 rings (SSSR count). The molecule has 0 spiro atoms. The summed E-state index contributed by atoms with van der Waals surface area (Å²) in [6.45, 7) is 3.90. The molecule has 0 aliphatic rings. The summed E-state index contributed by atoms with van der Waals surface area (Å²) in [5.74, 6) is 0.868. The molecule has 0 saturated heterocycles. The zero-order valence-corrected chi connectivity index (χ0v) is 16.4. The van der Waals surface area contributed by atoms with Crippen molar-refractivity contribution in [1.29, 1.82) is 0 Å². The monoisotopic (exact) mass is 399 g/mol. The Morgan fingerprint density at radius 1 is 1.11 bits per heavy atom. The zero-order valence-electron chi connectivity index (χ0n) is 14.8. The Kier molecular flexibility index (Phi) is 6.32. The molecule has 138 valence electrons. The number of pyridine rings is 2. The Morgan fingerprint density at radius 3 is 2.56 bits per heavy atom. The molecule has 0 unspecified atom stereocenters. The van der Waals surface area contributed by atoms with Crippen LogP contribution in [-0.4, -0.2) is 21.9 Å². The minimum atomic E-state index is -0.146. The molecule has 0 aliphatic heterocycles. The topological polar surface area (TPSA) is 64.1 Å². The SMILES string of the molecule is CC(C)Oc1ccc(SNc2ncc(Cl)cc2C(=O)c2ccccc2)cn1. The third-order valence-electron chi connectivity index (χ3n) is 3.47. The van der Waals surface area contributed by atoms with Crippen molar-refractivity contribution in [3.05, 3.63) is 77.1 Å². The van der Waals surface area contributed by atoms with Crippen LogP contribution in [0.15, 0.2) is 65.8 Å². The number of aromatic nitrogens is 2. The molecule has 0 aliphatic carbocycles. The third-order valence-corrected chi connectivity index (χ3v) is 4.45. The Bertz CT molecular complexity index is 918. The van der Waals surface area contributed by atoms with Gasteiger partial charge in [-0.05, 0) is 37.9 Å². The van der Waals surface area contributed by atoms with Crippen LogP contribution in [-0.2, 0) is 0 Å². The summed E-state index contributed by atoms with van der Waals surface area (Å²) >= 11 is 7.36. The van der Waals surface area contributed by atoms with Crippen LogP contribution in [0.3, 0.4) is 0 Å². The average molecular weight is 400 g/mol. The first kappa shape index (κ1) is 19.2. The first-order valence-electron chi connectivity index (χ1n) is 8.34. The predicted molar refractivity (Wildman–Crippen MR) is 109 cm³/mol. The Hall–Kier alpha value is -2.57. The lowest BCUT2D eigenvalue weighted by Gasteiger charge is -2.11. The van der Waals surface area contributed by atoms with Gasteiger partial charge in [0.1, 0.15) is 5.82 Å². The molecule has 2 aromatic heterocycles. The maximum absolute atomic E-state index is 12.8. The molecule has 0 fully saturated rings. The van der Waals surface area contributed by atoms with Crippen LogP contribution in [0.25, 0.3) is 0 Å². The standard InChI is InChI=1S/C20H18ClN3O2S/c1-13(2)26-18-9-8-16(12-22-18)27-24-20-17(10-15(21)11-23-20)19(25)14-6-4-3-5-7-14/h3-13H,1-2H3,(H,23,24). The highest BCUT2D eigenvalue weighted by Crippen LogP contribution is 2.26. The highest BCUT2D eigenvalue weighted by Gasteiger charge is 2.16. The van der Waals surface area contributed by atoms with E-state index < -0.39 is 0 Å². The summed E-state index contributed by atoms with van der Waals surface area (Å²) in [5, 5.41) is 0.404. The first-order chi connectivity index (χ1) is 13.0. The van der Waals surface area contributed by atoms with Crippen molar-refractivity contribution in [2.45, 2.75) is 24.8 Å². The maximum Gasteiger partial charge on any atom is 0.213 e. The Balaban J connectivity index is 1.76. The lowest BCUT2D eigenvalue weighted by molar-refractivity contribution is 0.103.